The molecule has 0 unspecified atom stereocenters. The van der Waals surface area contributed by atoms with Crippen molar-refractivity contribution in [3.63, 3.8) is 0 Å². The summed E-state index contributed by atoms with van der Waals surface area (Å²) in [5.74, 6) is -0.320. The Morgan fingerprint density at radius 1 is 0.969 bits per heavy atom. The number of anilines is 2. The molecule has 168 valence electrons. The van der Waals surface area contributed by atoms with Gasteiger partial charge in [-0.25, -0.2) is 14.8 Å². The van der Waals surface area contributed by atoms with Crippen molar-refractivity contribution in [2.45, 2.75) is 6.36 Å². The molecule has 0 aliphatic heterocycles. The lowest BCUT2D eigenvalue weighted by atomic mass is 10.1. The average Bonchev–Trinajstić information content (AvgIpc) is 2.74. The fourth-order valence-corrected chi connectivity index (χ4v) is 2.57. The normalized spacial score (nSPS) is 11.1. The number of rotatable bonds is 10. The second-order valence-electron chi connectivity index (χ2n) is 6.30. The van der Waals surface area contributed by atoms with Gasteiger partial charge in [0.25, 0.3) is 0 Å². The third-order valence-electron chi connectivity index (χ3n) is 3.90. The Balaban J connectivity index is 1.58. The molecule has 0 aliphatic rings. The molecule has 2 aromatic carbocycles. The molecule has 1 heterocycles. The number of benzene rings is 2. The van der Waals surface area contributed by atoms with E-state index in [9.17, 15) is 18.0 Å². The first-order valence-corrected chi connectivity index (χ1v) is 9.26. The van der Waals surface area contributed by atoms with Gasteiger partial charge in [0.2, 0.25) is 0 Å². The van der Waals surface area contributed by atoms with E-state index >= 15 is 0 Å². The van der Waals surface area contributed by atoms with Gasteiger partial charge in [-0.1, -0.05) is 0 Å². The van der Waals surface area contributed by atoms with Crippen molar-refractivity contribution in [2.24, 2.45) is 0 Å². The maximum atomic E-state index is 12.3. The maximum absolute atomic E-state index is 12.3. The minimum Gasteiger partial charge on any atom is -0.491 e. The van der Waals surface area contributed by atoms with Crippen LogP contribution in [0.15, 0.2) is 60.9 Å². The second-order valence-corrected chi connectivity index (χ2v) is 6.30. The quantitative estimate of drug-likeness (QED) is 0.443. The molecule has 11 heteroatoms. The Labute approximate surface area is 180 Å². The van der Waals surface area contributed by atoms with E-state index in [0.717, 1.165) is 5.56 Å². The molecular formula is C21H18F3N3O5. The Kier molecular flexibility index (Phi) is 7.45. The summed E-state index contributed by atoms with van der Waals surface area (Å²) in [7, 11) is 0. The van der Waals surface area contributed by atoms with Crippen LogP contribution in [-0.4, -0.2) is 47.2 Å². The first-order chi connectivity index (χ1) is 15.3. The SMILES string of the molecule is O=C(O)COCCOc1ccc(-c2cc(Nc3ccc(OC(F)(F)F)cc3)ncn2)cc1. The Hall–Kier alpha value is -3.86. The fraction of sp³-hybridized carbons (Fsp3) is 0.190. The molecule has 2 N–H and O–H groups in total. The average molecular weight is 449 g/mol. The van der Waals surface area contributed by atoms with Gasteiger partial charge in [-0.05, 0) is 48.5 Å². The minimum absolute atomic E-state index is 0.151. The number of aromatic nitrogens is 2. The summed E-state index contributed by atoms with van der Waals surface area (Å²) >= 11 is 0. The van der Waals surface area contributed by atoms with Gasteiger partial charge < -0.3 is 24.6 Å². The number of alkyl halides is 3. The summed E-state index contributed by atoms with van der Waals surface area (Å²) in [4.78, 5) is 18.7. The van der Waals surface area contributed by atoms with Crippen molar-refractivity contribution in [3.8, 4) is 22.8 Å². The molecule has 3 rings (SSSR count). The lowest BCUT2D eigenvalue weighted by Gasteiger charge is -2.11. The zero-order valence-corrected chi connectivity index (χ0v) is 16.5. The van der Waals surface area contributed by atoms with Crippen LogP contribution < -0.4 is 14.8 Å². The topological polar surface area (TPSA) is 103 Å². The van der Waals surface area contributed by atoms with Crippen molar-refractivity contribution in [2.75, 3.05) is 25.1 Å². The summed E-state index contributed by atoms with van der Waals surface area (Å²) in [5.41, 5.74) is 1.94. The van der Waals surface area contributed by atoms with Crippen molar-refractivity contribution < 1.29 is 37.3 Å². The predicted molar refractivity (Wildman–Crippen MR) is 108 cm³/mol. The third kappa shape index (κ3) is 7.43. The van der Waals surface area contributed by atoms with Gasteiger partial charge in [-0.3, -0.25) is 0 Å². The molecule has 32 heavy (non-hydrogen) atoms. The van der Waals surface area contributed by atoms with Crippen LogP contribution in [0.3, 0.4) is 0 Å². The van der Waals surface area contributed by atoms with E-state index in [4.69, 9.17) is 14.6 Å². The molecule has 0 radical (unpaired) electrons. The zero-order chi connectivity index (χ0) is 23.0. The number of carboxylic acids is 1. The summed E-state index contributed by atoms with van der Waals surface area (Å²) < 4.78 is 51.0. The van der Waals surface area contributed by atoms with Gasteiger partial charge in [0, 0.05) is 17.3 Å². The number of aliphatic carboxylic acids is 1. The smallest absolute Gasteiger partial charge is 0.491 e. The number of hydrogen-bond donors (Lipinski definition) is 2. The zero-order valence-electron chi connectivity index (χ0n) is 16.5. The Bertz CT molecular complexity index is 1030. The molecule has 0 spiro atoms. The standard InChI is InChI=1S/C21H18F3N3O5/c22-21(23,24)32-17-7-3-15(4-8-17)27-19-11-18(25-13-26-19)14-1-5-16(6-2-14)31-10-9-30-12-20(28)29/h1-8,11,13H,9-10,12H2,(H,28,29)(H,25,26,27). The van der Waals surface area contributed by atoms with Crippen molar-refractivity contribution in [3.05, 3.63) is 60.9 Å². The van der Waals surface area contributed by atoms with E-state index in [1.165, 1.54) is 30.6 Å². The van der Waals surface area contributed by atoms with Crippen LogP contribution in [0.25, 0.3) is 11.3 Å². The molecule has 1 aromatic heterocycles. The van der Waals surface area contributed by atoms with Crippen LogP contribution in [0.2, 0.25) is 0 Å². The summed E-state index contributed by atoms with van der Waals surface area (Å²) in [5, 5.41) is 11.5. The van der Waals surface area contributed by atoms with E-state index < -0.39 is 12.3 Å². The van der Waals surface area contributed by atoms with Gasteiger partial charge >= 0.3 is 12.3 Å². The molecule has 8 nitrogen and oxygen atoms in total. The largest absolute Gasteiger partial charge is 0.573 e. The van der Waals surface area contributed by atoms with Crippen LogP contribution in [0.1, 0.15) is 0 Å². The minimum atomic E-state index is -4.74. The summed E-state index contributed by atoms with van der Waals surface area (Å²) in [6.07, 6.45) is -3.38. The highest BCUT2D eigenvalue weighted by Gasteiger charge is 2.30. The second kappa shape index (κ2) is 10.4. The van der Waals surface area contributed by atoms with Crippen LogP contribution >= 0.6 is 0 Å². The highest BCUT2D eigenvalue weighted by molar-refractivity contribution is 5.68. The van der Waals surface area contributed by atoms with Crippen LogP contribution in [0, 0.1) is 0 Å². The lowest BCUT2D eigenvalue weighted by Crippen LogP contribution is -2.16. The Morgan fingerprint density at radius 3 is 2.31 bits per heavy atom. The van der Waals surface area contributed by atoms with E-state index in [2.05, 4.69) is 20.0 Å². The highest BCUT2D eigenvalue weighted by Crippen LogP contribution is 2.26. The number of nitrogens with one attached hydrogen (secondary N) is 1. The van der Waals surface area contributed by atoms with Crippen LogP contribution in [-0.2, 0) is 9.53 Å². The number of nitrogens with zero attached hydrogens (tertiary/aromatic N) is 2. The Morgan fingerprint density at radius 2 is 1.66 bits per heavy atom. The molecular weight excluding hydrogens is 431 g/mol. The van der Waals surface area contributed by atoms with Crippen molar-refractivity contribution >= 4 is 17.5 Å². The predicted octanol–water partition coefficient (Wildman–Crippen LogP) is 4.27. The van der Waals surface area contributed by atoms with Gasteiger partial charge in [0.05, 0.1) is 12.3 Å². The van der Waals surface area contributed by atoms with Crippen molar-refractivity contribution in [1.82, 2.24) is 9.97 Å². The molecule has 0 bridgehead atoms. The first kappa shape index (κ1) is 22.8. The molecule has 0 fully saturated rings. The molecule has 0 amide bonds. The van der Waals surface area contributed by atoms with Gasteiger partial charge in [-0.2, -0.15) is 0 Å². The molecule has 0 atom stereocenters. The van der Waals surface area contributed by atoms with Gasteiger partial charge in [0.15, 0.2) is 0 Å². The third-order valence-corrected chi connectivity index (χ3v) is 3.90. The molecule has 0 aliphatic carbocycles. The number of carbonyl (C=O) groups is 1. The van der Waals surface area contributed by atoms with Gasteiger partial charge in [-0.15, -0.1) is 13.2 Å². The number of carboxylic acid groups (broad SMARTS) is 1. The lowest BCUT2D eigenvalue weighted by molar-refractivity contribution is -0.274. The summed E-state index contributed by atoms with van der Waals surface area (Å²) in [6, 6.07) is 14.0. The number of ether oxygens (including phenoxy) is 3. The van der Waals surface area contributed by atoms with Crippen LogP contribution in [0.5, 0.6) is 11.5 Å². The van der Waals surface area contributed by atoms with E-state index in [1.54, 1.807) is 30.3 Å². The van der Waals surface area contributed by atoms with Gasteiger partial charge in [0.1, 0.15) is 36.9 Å². The monoisotopic (exact) mass is 449 g/mol. The molecule has 0 saturated carbocycles. The number of hydrogen-bond acceptors (Lipinski definition) is 7. The molecule has 0 saturated heterocycles. The van der Waals surface area contributed by atoms with Crippen molar-refractivity contribution in [1.29, 1.82) is 0 Å². The van der Waals surface area contributed by atoms with E-state index in [0.29, 0.717) is 22.9 Å². The number of halogens is 3. The van der Waals surface area contributed by atoms with E-state index in [1.807, 2.05) is 0 Å². The van der Waals surface area contributed by atoms with E-state index in [-0.39, 0.29) is 25.6 Å². The highest BCUT2D eigenvalue weighted by atomic mass is 19.4. The summed E-state index contributed by atoms with van der Waals surface area (Å²) in [6.45, 7) is -0.0167. The maximum Gasteiger partial charge on any atom is 0.573 e. The molecule has 3 aromatic rings. The van der Waals surface area contributed by atoms with Crippen LogP contribution in [0.4, 0.5) is 24.7 Å². The first-order valence-electron chi connectivity index (χ1n) is 9.26. The fourth-order valence-electron chi connectivity index (χ4n) is 2.57.